The third-order valence-corrected chi connectivity index (χ3v) is 5.31. The predicted octanol–water partition coefficient (Wildman–Crippen LogP) is -1.45. The Morgan fingerprint density at radius 3 is 2.44 bits per heavy atom. The van der Waals surface area contributed by atoms with Gasteiger partial charge in [0.2, 0.25) is 10.0 Å². The van der Waals surface area contributed by atoms with E-state index in [0.29, 0.717) is 13.1 Å². The van der Waals surface area contributed by atoms with Crippen LogP contribution in [0.4, 0.5) is 0 Å². The van der Waals surface area contributed by atoms with Gasteiger partial charge < -0.3 is 4.90 Å². The number of sulfonamides is 1. The number of quaternary nitrogens is 1. The number of nitrogens with one attached hydrogen (secondary N) is 2. The summed E-state index contributed by atoms with van der Waals surface area (Å²) in [5.74, 6) is 0.205. The van der Waals surface area contributed by atoms with E-state index in [4.69, 9.17) is 0 Å². The van der Waals surface area contributed by atoms with Gasteiger partial charge in [0.15, 0.2) is 12.4 Å². The van der Waals surface area contributed by atoms with Crippen molar-refractivity contribution in [1.82, 2.24) is 4.31 Å². The summed E-state index contributed by atoms with van der Waals surface area (Å²) in [6.07, 6.45) is 3.85. The standard InChI is InChI=1S/C12H19N3O2S/c1-2-18(16,17)15-9-7-14(8-10-15)11-12-3-5-13-6-4-12/h3-6H,2,7-11H2,1H3/p+2. The Morgan fingerprint density at radius 2 is 1.89 bits per heavy atom. The molecule has 1 aromatic heterocycles. The van der Waals surface area contributed by atoms with Gasteiger partial charge in [-0.05, 0) is 6.92 Å². The number of rotatable bonds is 4. The van der Waals surface area contributed by atoms with Crippen molar-refractivity contribution in [2.45, 2.75) is 13.5 Å². The Hall–Kier alpha value is -0.980. The molecule has 100 valence electrons. The lowest BCUT2D eigenvalue weighted by atomic mass is 10.2. The lowest BCUT2D eigenvalue weighted by Crippen LogP contribution is -3.13. The van der Waals surface area contributed by atoms with E-state index in [2.05, 4.69) is 17.1 Å². The van der Waals surface area contributed by atoms with E-state index in [1.165, 1.54) is 10.5 Å². The van der Waals surface area contributed by atoms with Crippen LogP contribution in [0.5, 0.6) is 0 Å². The minimum atomic E-state index is -3.00. The van der Waals surface area contributed by atoms with Crippen LogP contribution < -0.4 is 9.88 Å². The minimum Gasteiger partial charge on any atom is -0.329 e. The Bertz CT molecular complexity index is 467. The zero-order valence-electron chi connectivity index (χ0n) is 10.7. The smallest absolute Gasteiger partial charge is 0.214 e. The normalized spacial score (nSPS) is 18.9. The number of nitrogens with zero attached hydrogens (tertiary/aromatic N) is 1. The summed E-state index contributed by atoms with van der Waals surface area (Å²) >= 11 is 0. The van der Waals surface area contributed by atoms with Gasteiger partial charge in [0, 0.05) is 17.7 Å². The first-order valence-corrected chi connectivity index (χ1v) is 7.99. The highest BCUT2D eigenvalue weighted by atomic mass is 32.2. The van der Waals surface area contributed by atoms with Crippen LogP contribution in [0.3, 0.4) is 0 Å². The molecule has 1 aliphatic rings. The number of pyridine rings is 1. The van der Waals surface area contributed by atoms with Crippen LogP contribution in [-0.4, -0.2) is 44.7 Å². The van der Waals surface area contributed by atoms with Gasteiger partial charge in [-0.2, -0.15) is 4.31 Å². The van der Waals surface area contributed by atoms with E-state index in [1.807, 2.05) is 12.4 Å². The molecule has 18 heavy (non-hydrogen) atoms. The molecule has 0 amide bonds. The van der Waals surface area contributed by atoms with Gasteiger partial charge in [-0.15, -0.1) is 0 Å². The Morgan fingerprint density at radius 1 is 1.28 bits per heavy atom. The highest BCUT2D eigenvalue weighted by Gasteiger charge is 2.27. The van der Waals surface area contributed by atoms with Crippen molar-refractivity contribution in [3.05, 3.63) is 30.1 Å². The molecule has 0 bridgehead atoms. The lowest BCUT2D eigenvalue weighted by molar-refractivity contribution is -0.917. The minimum absolute atomic E-state index is 0.205. The number of aromatic amines is 1. The fraction of sp³-hybridized carbons (Fsp3) is 0.583. The third-order valence-electron chi connectivity index (χ3n) is 3.43. The highest BCUT2D eigenvalue weighted by Crippen LogP contribution is 2.01. The molecule has 1 fully saturated rings. The predicted molar refractivity (Wildman–Crippen MR) is 68.4 cm³/mol. The zero-order chi connectivity index (χ0) is 13.0. The Labute approximate surface area is 108 Å². The van der Waals surface area contributed by atoms with E-state index in [9.17, 15) is 8.42 Å². The van der Waals surface area contributed by atoms with Crippen LogP contribution in [-0.2, 0) is 16.6 Å². The lowest BCUT2D eigenvalue weighted by Gasteiger charge is -2.31. The number of hydrogen-bond acceptors (Lipinski definition) is 2. The summed E-state index contributed by atoms with van der Waals surface area (Å²) in [5, 5.41) is 0. The molecule has 2 N–H and O–H groups in total. The molecule has 1 aliphatic heterocycles. The summed E-state index contributed by atoms with van der Waals surface area (Å²) in [6, 6.07) is 4.14. The Balaban J connectivity index is 1.88. The summed E-state index contributed by atoms with van der Waals surface area (Å²) in [7, 11) is -3.00. The molecule has 0 radical (unpaired) electrons. The van der Waals surface area contributed by atoms with Crippen molar-refractivity contribution >= 4 is 10.0 Å². The third kappa shape index (κ3) is 3.28. The first kappa shape index (κ1) is 13.5. The number of piperazine rings is 1. The van der Waals surface area contributed by atoms with Crippen molar-refractivity contribution in [2.75, 3.05) is 31.9 Å². The van der Waals surface area contributed by atoms with E-state index in [0.717, 1.165) is 19.6 Å². The molecule has 0 atom stereocenters. The summed E-state index contributed by atoms with van der Waals surface area (Å²) in [5.41, 5.74) is 1.29. The monoisotopic (exact) mass is 271 g/mol. The van der Waals surface area contributed by atoms with Gasteiger partial charge in [-0.1, -0.05) is 0 Å². The van der Waals surface area contributed by atoms with Crippen LogP contribution in [0.1, 0.15) is 12.5 Å². The van der Waals surface area contributed by atoms with E-state index in [1.54, 1.807) is 11.2 Å². The molecule has 0 saturated carbocycles. The number of H-pyrrole nitrogens is 1. The molecule has 5 nitrogen and oxygen atoms in total. The van der Waals surface area contributed by atoms with Gasteiger partial charge in [0.05, 0.1) is 31.9 Å². The quantitative estimate of drug-likeness (QED) is 0.728. The molecule has 0 unspecified atom stereocenters. The van der Waals surface area contributed by atoms with Crippen LogP contribution >= 0.6 is 0 Å². The van der Waals surface area contributed by atoms with Gasteiger partial charge in [0.1, 0.15) is 6.54 Å². The molecule has 1 saturated heterocycles. The SMILES string of the molecule is CCS(=O)(=O)N1CC[NH+](Cc2cc[nH+]cc2)CC1. The van der Waals surface area contributed by atoms with Crippen molar-refractivity contribution < 1.29 is 18.3 Å². The van der Waals surface area contributed by atoms with E-state index in [-0.39, 0.29) is 5.75 Å². The second-order valence-corrected chi connectivity index (χ2v) is 6.89. The number of hydrogen-bond donors (Lipinski definition) is 1. The van der Waals surface area contributed by atoms with Gasteiger partial charge in [-0.3, -0.25) is 0 Å². The zero-order valence-corrected chi connectivity index (χ0v) is 11.5. The average Bonchev–Trinajstić information content (AvgIpc) is 2.40. The van der Waals surface area contributed by atoms with Crippen LogP contribution in [0, 0.1) is 0 Å². The van der Waals surface area contributed by atoms with E-state index >= 15 is 0 Å². The maximum Gasteiger partial charge on any atom is 0.214 e. The first-order chi connectivity index (χ1) is 8.62. The molecular formula is C12H21N3O2S+2. The van der Waals surface area contributed by atoms with Gasteiger partial charge in [-0.25, -0.2) is 13.4 Å². The van der Waals surface area contributed by atoms with Crippen LogP contribution in [0.2, 0.25) is 0 Å². The molecule has 0 spiro atoms. The maximum atomic E-state index is 11.7. The molecule has 6 heteroatoms. The second-order valence-electron chi connectivity index (χ2n) is 4.63. The first-order valence-electron chi connectivity index (χ1n) is 6.38. The van der Waals surface area contributed by atoms with Crippen molar-refractivity contribution in [1.29, 1.82) is 0 Å². The molecule has 2 rings (SSSR count). The second kappa shape index (κ2) is 5.77. The van der Waals surface area contributed by atoms with E-state index < -0.39 is 10.0 Å². The van der Waals surface area contributed by atoms with Gasteiger partial charge >= 0.3 is 0 Å². The Kier molecular flexibility index (Phi) is 4.31. The van der Waals surface area contributed by atoms with Crippen molar-refractivity contribution in [3.63, 3.8) is 0 Å². The summed E-state index contributed by atoms with van der Waals surface area (Å²) in [4.78, 5) is 4.46. The molecule has 0 aliphatic carbocycles. The van der Waals surface area contributed by atoms with Crippen molar-refractivity contribution in [2.24, 2.45) is 0 Å². The van der Waals surface area contributed by atoms with Crippen molar-refractivity contribution in [3.8, 4) is 0 Å². The molecular weight excluding hydrogens is 250 g/mol. The molecule has 0 aromatic carbocycles. The fourth-order valence-electron chi connectivity index (χ4n) is 2.27. The molecule has 1 aromatic rings. The van der Waals surface area contributed by atoms with Crippen LogP contribution in [0.25, 0.3) is 0 Å². The largest absolute Gasteiger partial charge is 0.329 e. The fourth-order valence-corrected chi connectivity index (χ4v) is 3.37. The number of aromatic nitrogens is 1. The maximum absolute atomic E-state index is 11.7. The summed E-state index contributed by atoms with van der Waals surface area (Å²) < 4.78 is 25.1. The average molecular weight is 271 g/mol. The summed E-state index contributed by atoms with van der Waals surface area (Å²) in [6.45, 7) is 5.73. The van der Waals surface area contributed by atoms with Crippen LogP contribution in [0.15, 0.2) is 24.5 Å². The topological polar surface area (TPSA) is 56.0 Å². The van der Waals surface area contributed by atoms with Gasteiger partial charge in [0.25, 0.3) is 0 Å². The highest BCUT2D eigenvalue weighted by molar-refractivity contribution is 7.89. The molecule has 2 heterocycles.